The summed E-state index contributed by atoms with van der Waals surface area (Å²) in [4.78, 5) is 15.3. The fraction of sp³-hybridized carbons (Fsp3) is 0.400. The Bertz CT molecular complexity index is 945. The minimum Gasteiger partial charge on any atom is -0.378 e. The highest BCUT2D eigenvalue weighted by Gasteiger charge is 2.29. The Kier molecular flexibility index (Phi) is 3.87. The predicted molar refractivity (Wildman–Crippen MR) is 102 cm³/mol. The largest absolute Gasteiger partial charge is 0.378 e. The molecular formula is C20H23N5O. The van der Waals surface area contributed by atoms with Gasteiger partial charge in [0.15, 0.2) is 0 Å². The van der Waals surface area contributed by atoms with Crippen molar-refractivity contribution in [2.45, 2.75) is 19.4 Å². The molecule has 6 nitrogen and oxygen atoms in total. The molecule has 6 heteroatoms. The second-order valence-electron chi connectivity index (χ2n) is 7.10. The molecule has 1 aromatic carbocycles. The standard InChI is InChI=1S/C20H23N5O/c1-13-2-3-14-11-15(18-19-16(4-5-21-18)22-12-23-19)20(24-17(14)10-13)25-6-8-26-9-7-25/h2-3,10-12,18,21H,4-9H2,1H3,(H,22,23). The fourth-order valence-electron chi connectivity index (χ4n) is 4.00. The van der Waals surface area contributed by atoms with Gasteiger partial charge in [0.2, 0.25) is 0 Å². The lowest BCUT2D eigenvalue weighted by Crippen LogP contribution is -2.39. The Hall–Kier alpha value is -2.44. The number of fused-ring (bicyclic) bond motifs is 2. The summed E-state index contributed by atoms with van der Waals surface area (Å²) in [5.41, 5.74) is 5.81. The quantitative estimate of drug-likeness (QED) is 0.743. The molecule has 0 spiro atoms. The second kappa shape index (κ2) is 6.37. The SMILES string of the molecule is Cc1ccc2cc(C3NCCc4[nH]cnc43)c(N3CCOCC3)nc2c1. The van der Waals surface area contributed by atoms with Crippen LogP contribution < -0.4 is 10.2 Å². The molecule has 0 aliphatic carbocycles. The minimum absolute atomic E-state index is 0.0704. The highest BCUT2D eigenvalue weighted by atomic mass is 16.5. The van der Waals surface area contributed by atoms with Crippen LogP contribution in [0, 0.1) is 6.92 Å². The molecule has 2 aromatic heterocycles. The molecular weight excluding hydrogens is 326 g/mol. The Balaban J connectivity index is 1.69. The Morgan fingerprint density at radius 2 is 2.08 bits per heavy atom. The summed E-state index contributed by atoms with van der Waals surface area (Å²) in [7, 11) is 0. The van der Waals surface area contributed by atoms with Gasteiger partial charge in [-0.15, -0.1) is 0 Å². The minimum atomic E-state index is 0.0704. The highest BCUT2D eigenvalue weighted by molar-refractivity contribution is 5.83. The van der Waals surface area contributed by atoms with Crippen LogP contribution in [0.5, 0.6) is 0 Å². The third-order valence-corrected chi connectivity index (χ3v) is 5.35. The van der Waals surface area contributed by atoms with Crippen LogP contribution in [-0.2, 0) is 11.2 Å². The number of H-pyrrole nitrogens is 1. The van der Waals surface area contributed by atoms with E-state index in [4.69, 9.17) is 9.72 Å². The van der Waals surface area contributed by atoms with Crippen LogP contribution in [-0.4, -0.2) is 47.8 Å². The maximum atomic E-state index is 5.55. The second-order valence-corrected chi connectivity index (χ2v) is 7.10. The number of morpholine rings is 1. The molecule has 1 saturated heterocycles. The number of aryl methyl sites for hydroxylation is 1. The van der Waals surface area contributed by atoms with Crippen LogP contribution in [0.4, 0.5) is 5.82 Å². The molecule has 1 atom stereocenters. The van der Waals surface area contributed by atoms with Gasteiger partial charge in [0.05, 0.1) is 36.8 Å². The topological polar surface area (TPSA) is 66.1 Å². The number of pyridine rings is 1. The van der Waals surface area contributed by atoms with Crippen LogP contribution in [0.25, 0.3) is 10.9 Å². The molecule has 4 heterocycles. The normalized spacial score (nSPS) is 20.3. The molecule has 1 unspecified atom stereocenters. The van der Waals surface area contributed by atoms with E-state index in [-0.39, 0.29) is 6.04 Å². The molecule has 5 rings (SSSR count). The van der Waals surface area contributed by atoms with Crippen molar-refractivity contribution in [1.29, 1.82) is 0 Å². The van der Waals surface area contributed by atoms with Crippen molar-refractivity contribution in [3.8, 4) is 0 Å². The first-order valence-electron chi connectivity index (χ1n) is 9.29. The lowest BCUT2D eigenvalue weighted by molar-refractivity contribution is 0.122. The highest BCUT2D eigenvalue weighted by Crippen LogP contribution is 2.34. The lowest BCUT2D eigenvalue weighted by Gasteiger charge is -2.33. The number of aromatic amines is 1. The summed E-state index contributed by atoms with van der Waals surface area (Å²) >= 11 is 0. The average molecular weight is 349 g/mol. The summed E-state index contributed by atoms with van der Waals surface area (Å²) < 4.78 is 5.55. The van der Waals surface area contributed by atoms with E-state index in [0.29, 0.717) is 0 Å². The van der Waals surface area contributed by atoms with Crippen LogP contribution in [0.15, 0.2) is 30.6 Å². The van der Waals surface area contributed by atoms with Gasteiger partial charge in [-0.25, -0.2) is 9.97 Å². The summed E-state index contributed by atoms with van der Waals surface area (Å²) in [5.74, 6) is 1.06. The number of anilines is 1. The summed E-state index contributed by atoms with van der Waals surface area (Å²) in [6.07, 6.45) is 2.79. The molecule has 2 N–H and O–H groups in total. The van der Waals surface area contributed by atoms with Gasteiger partial charge in [0, 0.05) is 42.7 Å². The zero-order valence-corrected chi connectivity index (χ0v) is 15.0. The van der Waals surface area contributed by atoms with Crippen LogP contribution in [0.3, 0.4) is 0 Å². The van der Waals surface area contributed by atoms with Crippen molar-refractivity contribution < 1.29 is 4.74 Å². The lowest BCUT2D eigenvalue weighted by atomic mass is 9.96. The van der Waals surface area contributed by atoms with Crippen molar-refractivity contribution in [3.63, 3.8) is 0 Å². The van der Waals surface area contributed by atoms with Gasteiger partial charge in [0.1, 0.15) is 5.82 Å². The molecule has 2 aliphatic heterocycles. The third-order valence-electron chi connectivity index (χ3n) is 5.35. The number of ether oxygens (including phenoxy) is 1. The Labute approximate surface area is 152 Å². The molecule has 0 saturated carbocycles. The van der Waals surface area contributed by atoms with Gasteiger partial charge in [-0.2, -0.15) is 0 Å². The van der Waals surface area contributed by atoms with Crippen LogP contribution >= 0.6 is 0 Å². The van der Waals surface area contributed by atoms with Gasteiger partial charge in [0.25, 0.3) is 0 Å². The van der Waals surface area contributed by atoms with E-state index in [0.717, 1.165) is 56.3 Å². The molecule has 26 heavy (non-hydrogen) atoms. The molecule has 0 radical (unpaired) electrons. The fourth-order valence-corrected chi connectivity index (χ4v) is 4.00. The van der Waals surface area contributed by atoms with E-state index in [1.54, 1.807) is 6.33 Å². The molecule has 2 aliphatic rings. The summed E-state index contributed by atoms with van der Waals surface area (Å²) in [6, 6.07) is 8.83. The van der Waals surface area contributed by atoms with Gasteiger partial charge in [-0.3, -0.25) is 0 Å². The molecule has 3 aromatic rings. The molecule has 134 valence electrons. The van der Waals surface area contributed by atoms with Crippen molar-refractivity contribution in [3.05, 3.63) is 53.1 Å². The third kappa shape index (κ3) is 2.66. The van der Waals surface area contributed by atoms with Crippen molar-refractivity contribution in [1.82, 2.24) is 20.3 Å². The zero-order valence-electron chi connectivity index (χ0n) is 15.0. The van der Waals surface area contributed by atoms with Crippen molar-refractivity contribution >= 4 is 16.7 Å². The average Bonchev–Trinajstić information content (AvgIpc) is 3.16. The van der Waals surface area contributed by atoms with Crippen molar-refractivity contribution in [2.24, 2.45) is 0 Å². The number of hydrogen-bond donors (Lipinski definition) is 2. The van der Waals surface area contributed by atoms with E-state index in [9.17, 15) is 0 Å². The molecule has 0 bridgehead atoms. The summed E-state index contributed by atoms with van der Waals surface area (Å²) in [5, 5.41) is 4.83. The van der Waals surface area contributed by atoms with Crippen molar-refractivity contribution in [2.75, 3.05) is 37.7 Å². The first-order valence-corrected chi connectivity index (χ1v) is 9.29. The van der Waals surface area contributed by atoms with E-state index in [1.807, 2.05) is 0 Å². The number of nitrogens with one attached hydrogen (secondary N) is 2. The van der Waals surface area contributed by atoms with E-state index in [2.05, 4.69) is 51.4 Å². The predicted octanol–water partition coefficient (Wildman–Crippen LogP) is 2.34. The van der Waals surface area contributed by atoms with Crippen LogP contribution in [0.1, 0.15) is 28.6 Å². The zero-order chi connectivity index (χ0) is 17.5. The monoisotopic (exact) mass is 349 g/mol. The van der Waals surface area contributed by atoms with Gasteiger partial charge >= 0.3 is 0 Å². The smallest absolute Gasteiger partial charge is 0.134 e. The number of imidazole rings is 1. The summed E-state index contributed by atoms with van der Waals surface area (Å²) in [6.45, 7) is 6.29. The van der Waals surface area contributed by atoms with E-state index in [1.165, 1.54) is 22.2 Å². The number of hydrogen-bond acceptors (Lipinski definition) is 5. The Morgan fingerprint density at radius 1 is 1.19 bits per heavy atom. The molecule has 0 amide bonds. The first kappa shape index (κ1) is 15.8. The Morgan fingerprint density at radius 3 is 2.96 bits per heavy atom. The number of aromatic nitrogens is 3. The molecule has 1 fully saturated rings. The number of nitrogens with zero attached hydrogens (tertiary/aromatic N) is 3. The number of benzene rings is 1. The maximum Gasteiger partial charge on any atom is 0.134 e. The maximum absolute atomic E-state index is 5.55. The van der Waals surface area contributed by atoms with Gasteiger partial charge in [-0.1, -0.05) is 12.1 Å². The van der Waals surface area contributed by atoms with Gasteiger partial charge < -0.3 is 19.9 Å². The van der Waals surface area contributed by atoms with E-state index < -0.39 is 0 Å². The van der Waals surface area contributed by atoms with Crippen LogP contribution in [0.2, 0.25) is 0 Å². The van der Waals surface area contributed by atoms with E-state index >= 15 is 0 Å². The first-order chi connectivity index (χ1) is 12.8. The van der Waals surface area contributed by atoms with Gasteiger partial charge in [-0.05, 0) is 24.6 Å². The number of rotatable bonds is 2.